The molecular formula is C17H18N4O6. The molecule has 3 heterocycles. The number of nitrogens with zero attached hydrogens (tertiary/aromatic N) is 2. The SMILES string of the molecule is CC1=C(N2CC2)C(=O)c2c(COC(N)=O)c3n(c2C1=O)CCC3OC(N)=O. The fraction of sp³-hybridized carbons (Fsp3) is 0.412. The molecule has 1 unspecified atom stereocenters. The summed E-state index contributed by atoms with van der Waals surface area (Å²) in [6.45, 7) is 3.11. The Morgan fingerprint density at radius 3 is 2.41 bits per heavy atom. The van der Waals surface area contributed by atoms with E-state index in [1.807, 2.05) is 4.90 Å². The van der Waals surface area contributed by atoms with Crippen LogP contribution in [0.1, 0.15) is 51.6 Å². The summed E-state index contributed by atoms with van der Waals surface area (Å²) in [5, 5.41) is 0. The normalized spacial score (nSPS) is 20.5. The van der Waals surface area contributed by atoms with Crippen LogP contribution in [0.3, 0.4) is 0 Å². The van der Waals surface area contributed by atoms with E-state index in [4.69, 9.17) is 20.9 Å². The number of fused-ring (bicyclic) bond motifs is 3. The van der Waals surface area contributed by atoms with Crippen LogP contribution in [0, 0.1) is 0 Å². The zero-order valence-electron chi connectivity index (χ0n) is 14.6. The first-order valence-corrected chi connectivity index (χ1v) is 8.50. The lowest BCUT2D eigenvalue weighted by atomic mass is 9.89. The second-order valence-corrected chi connectivity index (χ2v) is 6.68. The maximum Gasteiger partial charge on any atom is 0.405 e. The molecule has 4 rings (SSSR count). The highest BCUT2D eigenvalue weighted by Crippen LogP contribution is 2.42. The fourth-order valence-electron chi connectivity index (χ4n) is 3.93. The Balaban J connectivity index is 1.88. The number of ether oxygens (including phenoxy) is 2. The van der Waals surface area contributed by atoms with E-state index in [0.717, 1.165) is 0 Å². The van der Waals surface area contributed by atoms with Crippen molar-refractivity contribution < 1.29 is 28.7 Å². The van der Waals surface area contributed by atoms with E-state index >= 15 is 0 Å². The van der Waals surface area contributed by atoms with Crippen LogP contribution in [0.25, 0.3) is 0 Å². The lowest BCUT2D eigenvalue weighted by molar-refractivity contribution is 0.0950. The van der Waals surface area contributed by atoms with Gasteiger partial charge in [-0.1, -0.05) is 0 Å². The zero-order valence-corrected chi connectivity index (χ0v) is 14.6. The van der Waals surface area contributed by atoms with Crippen molar-refractivity contribution in [1.29, 1.82) is 0 Å². The van der Waals surface area contributed by atoms with Crippen LogP contribution >= 0.6 is 0 Å². The summed E-state index contributed by atoms with van der Waals surface area (Å²) in [6, 6.07) is 0. The van der Waals surface area contributed by atoms with Crippen LogP contribution in [0.2, 0.25) is 0 Å². The molecule has 1 aromatic heterocycles. The Labute approximate surface area is 153 Å². The lowest BCUT2D eigenvalue weighted by Gasteiger charge is -2.20. The molecule has 10 heteroatoms. The highest BCUT2D eigenvalue weighted by atomic mass is 16.6. The number of allylic oxidation sites excluding steroid dienone is 2. The largest absolute Gasteiger partial charge is 0.445 e. The molecule has 3 aliphatic rings. The minimum atomic E-state index is -1.01. The number of carbonyl (C=O) groups is 4. The lowest BCUT2D eigenvalue weighted by Crippen LogP contribution is -2.27. The molecule has 1 saturated heterocycles. The van der Waals surface area contributed by atoms with Crippen molar-refractivity contribution in [2.75, 3.05) is 13.1 Å². The van der Waals surface area contributed by atoms with Gasteiger partial charge >= 0.3 is 12.2 Å². The third-order valence-electron chi connectivity index (χ3n) is 5.06. The minimum absolute atomic E-state index is 0.182. The van der Waals surface area contributed by atoms with Crippen molar-refractivity contribution in [2.24, 2.45) is 11.5 Å². The van der Waals surface area contributed by atoms with E-state index in [1.165, 1.54) is 0 Å². The molecule has 0 radical (unpaired) electrons. The highest BCUT2D eigenvalue weighted by Gasteiger charge is 2.45. The maximum atomic E-state index is 13.2. The van der Waals surface area contributed by atoms with Crippen LogP contribution in [0.5, 0.6) is 0 Å². The first kappa shape index (κ1) is 17.1. The van der Waals surface area contributed by atoms with Gasteiger partial charge in [0.1, 0.15) is 18.4 Å². The molecule has 0 bridgehead atoms. The molecule has 27 heavy (non-hydrogen) atoms. The molecule has 142 valence electrons. The number of rotatable bonds is 4. The monoisotopic (exact) mass is 374 g/mol. The summed E-state index contributed by atoms with van der Waals surface area (Å²) < 4.78 is 11.7. The Kier molecular flexibility index (Phi) is 3.72. The molecular weight excluding hydrogens is 356 g/mol. The number of carbonyl (C=O) groups excluding carboxylic acids is 4. The Morgan fingerprint density at radius 1 is 1.11 bits per heavy atom. The van der Waals surface area contributed by atoms with Crippen molar-refractivity contribution in [2.45, 2.75) is 32.6 Å². The number of hydrogen-bond acceptors (Lipinski definition) is 7. The van der Waals surface area contributed by atoms with Gasteiger partial charge in [-0.2, -0.15) is 0 Å². The van der Waals surface area contributed by atoms with Crippen molar-refractivity contribution in [3.05, 3.63) is 33.8 Å². The van der Waals surface area contributed by atoms with E-state index in [1.54, 1.807) is 11.5 Å². The molecule has 0 saturated carbocycles. The first-order valence-electron chi connectivity index (χ1n) is 8.50. The predicted octanol–water partition coefficient (Wildman–Crippen LogP) is 0.592. The quantitative estimate of drug-likeness (QED) is 0.733. The number of primary amides is 2. The second-order valence-electron chi connectivity index (χ2n) is 6.68. The first-order chi connectivity index (χ1) is 12.8. The number of hydrogen-bond donors (Lipinski definition) is 2. The van der Waals surface area contributed by atoms with Gasteiger partial charge in [-0.3, -0.25) is 9.59 Å². The predicted molar refractivity (Wildman–Crippen MR) is 89.8 cm³/mol. The third kappa shape index (κ3) is 2.56. The summed E-state index contributed by atoms with van der Waals surface area (Å²) in [6.07, 6.45) is -2.31. The molecule has 2 amide bonds. The summed E-state index contributed by atoms with van der Waals surface area (Å²) >= 11 is 0. The molecule has 1 aromatic rings. The second kappa shape index (κ2) is 5.86. The van der Waals surface area contributed by atoms with Gasteiger partial charge in [0, 0.05) is 37.2 Å². The Bertz CT molecular complexity index is 940. The molecule has 1 fully saturated rings. The van der Waals surface area contributed by atoms with Gasteiger partial charge in [0.2, 0.25) is 11.6 Å². The molecule has 0 aromatic carbocycles. The minimum Gasteiger partial charge on any atom is -0.445 e. The maximum absolute atomic E-state index is 13.2. The van der Waals surface area contributed by atoms with Gasteiger partial charge in [0.25, 0.3) is 0 Å². The number of nitrogens with two attached hydrogens (primary N) is 2. The number of aromatic nitrogens is 1. The average molecular weight is 374 g/mol. The summed E-state index contributed by atoms with van der Waals surface area (Å²) in [4.78, 5) is 50.4. The van der Waals surface area contributed by atoms with Gasteiger partial charge in [0.05, 0.1) is 17.0 Å². The van der Waals surface area contributed by atoms with E-state index in [-0.39, 0.29) is 29.4 Å². The van der Waals surface area contributed by atoms with E-state index in [2.05, 4.69) is 0 Å². The van der Waals surface area contributed by atoms with Crippen LogP contribution in [0.15, 0.2) is 11.3 Å². The average Bonchev–Trinajstić information content (AvgIpc) is 3.25. The molecule has 4 N–H and O–H groups in total. The smallest absolute Gasteiger partial charge is 0.405 e. The van der Waals surface area contributed by atoms with Gasteiger partial charge in [-0.25, -0.2) is 9.59 Å². The molecule has 0 spiro atoms. The van der Waals surface area contributed by atoms with Crippen molar-refractivity contribution in [3.8, 4) is 0 Å². The van der Waals surface area contributed by atoms with E-state index in [0.29, 0.717) is 48.6 Å². The van der Waals surface area contributed by atoms with E-state index < -0.39 is 18.3 Å². The van der Waals surface area contributed by atoms with Gasteiger partial charge in [0.15, 0.2) is 0 Å². The van der Waals surface area contributed by atoms with Gasteiger partial charge in [-0.05, 0) is 6.92 Å². The fourth-order valence-corrected chi connectivity index (χ4v) is 3.93. The number of ketones is 2. The van der Waals surface area contributed by atoms with Crippen molar-refractivity contribution >= 4 is 23.8 Å². The number of Topliss-reactive ketones (excluding diaryl/α,β-unsaturated/α-hetero) is 2. The summed E-state index contributed by atoms with van der Waals surface area (Å²) in [5.41, 5.74) is 12.2. The van der Waals surface area contributed by atoms with Gasteiger partial charge < -0.3 is 30.4 Å². The topological polar surface area (TPSA) is 147 Å². The van der Waals surface area contributed by atoms with E-state index in [9.17, 15) is 19.2 Å². The zero-order chi connectivity index (χ0) is 19.5. The third-order valence-corrected chi connectivity index (χ3v) is 5.06. The number of amides is 2. The standard InChI is InChI=1S/C17H18N4O6/c1-7-11(20-4-5-20)15(23)10-8(6-26-16(18)24)12-9(27-17(19)25)2-3-21(12)13(10)14(7)22/h9H,2-6H2,1H3,(H2,18,24)(H2,19,25). The van der Waals surface area contributed by atoms with Crippen LogP contribution in [-0.2, 0) is 22.6 Å². The molecule has 10 nitrogen and oxygen atoms in total. The Hall–Kier alpha value is -3.30. The van der Waals surface area contributed by atoms with Crippen LogP contribution < -0.4 is 11.5 Å². The van der Waals surface area contributed by atoms with Crippen molar-refractivity contribution in [1.82, 2.24) is 9.47 Å². The molecule has 1 atom stereocenters. The van der Waals surface area contributed by atoms with Crippen molar-refractivity contribution in [3.63, 3.8) is 0 Å². The van der Waals surface area contributed by atoms with Crippen LogP contribution in [-0.4, -0.2) is 46.3 Å². The molecule has 2 aliphatic heterocycles. The summed E-state index contributed by atoms with van der Waals surface area (Å²) in [7, 11) is 0. The van der Waals surface area contributed by atoms with Gasteiger partial charge in [-0.15, -0.1) is 0 Å². The summed E-state index contributed by atoms with van der Waals surface area (Å²) in [5.74, 6) is -0.569. The molecule has 1 aliphatic carbocycles. The highest BCUT2D eigenvalue weighted by molar-refractivity contribution is 6.27. The Morgan fingerprint density at radius 2 is 1.81 bits per heavy atom. The van der Waals surface area contributed by atoms with Crippen LogP contribution in [0.4, 0.5) is 9.59 Å².